The van der Waals surface area contributed by atoms with Gasteiger partial charge in [-0.3, -0.25) is 4.79 Å². The monoisotopic (exact) mass is 735 g/mol. The number of hydrogen-bond acceptors (Lipinski definition) is 11. The lowest BCUT2D eigenvalue weighted by molar-refractivity contribution is -0.114. The van der Waals surface area contributed by atoms with Crippen molar-refractivity contribution in [3.63, 3.8) is 0 Å². The molecule has 12 heteroatoms. The van der Waals surface area contributed by atoms with Crippen LogP contribution in [0.5, 0.6) is 11.5 Å². The van der Waals surface area contributed by atoms with Crippen molar-refractivity contribution in [3.05, 3.63) is 54.1 Å². The average Bonchev–Trinajstić information content (AvgIpc) is 3.15. The molecule has 0 fully saturated rings. The molecule has 0 radical (unpaired) electrons. The van der Waals surface area contributed by atoms with Crippen LogP contribution in [0.2, 0.25) is 0 Å². The van der Waals surface area contributed by atoms with Gasteiger partial charge in [-0.05, 0) is 54.8 Å². The van der Waals surface area contributed by atoms with Gasteiger partial charge in [0.2, 0.25) is 5.91 Å². The summed E-state index contributed by atoms with van der Waals surface area (Å²) in [5, 5.41) is 2.71. The minimum Gasteiger partial charge on any atom is -0.491 e. The summed E-state index contributed by atoms with van der Waals surface area (Å²) in [6, 6.07) is 15.6. The third kappa shape index (κ3) is 27.8. The lowest BCUT2D eigenvalue weighted by Crippen LogP contribution is -2.15. The molecule has 0 aliphatic heterocycles. The van der Waals surface area contributed by atoms with E-state index >= 15 is 0 Å². The second kappa shape index (κ2) is 34.0. The van der Waals surface area contributed by atoms with Gasteiger partial charge >= 0.3 is 0 Å². The number of anilines is 1. The van der Waals surface area contributed by atoms with Gasteiger partial charge in [-0.25, -0.2) is 0 Å². The maximum absolute atomic E-state index is 11.0. The Hall–Kier alpha value is -2.81. The van der Waals surface area contributed by atoms with Crippen molar-refractivity contribution in [3.8, 4) is 11.5 Å². The fourth-order valence-electron chi connectivity index (χ4n) is 4.78. The first-order chi connectivity index (χ1) is 25.7. The lowest BCUT2D eigenvalue weighted by Gasteiger charge is -2.09. The van der Waals surface area contributed by atoms with Crippen LogP contribution in [-0.2, 0) is 49.1 Å². The second-order valence-electron chi connectivity index (χ2n) is 12.0. The number of nitrogens with one attached hydrogen (secondary N) is 1. The topological polar surface area (TPSA) is 121 Å². The number of carbonyl (C=O) groups excluding carboxylic acids is 1. The molecule has 1 N–H and O–H groups in total. The molecule has 0 spiro atoms. The van der Waals surface area contributed by atoms with E-state index in [0.717, 1.165) is 23.6 Å². The highest BCUT2D eigenvalue weighted by Gasteiger charge is 2.00. The summed E-state index contributed by atoms with van der Waals surface area (Å²) in [5.74, 6) is 1.50. The van der Waals surface area contributed by atoms with Crippen molar-refractivity contribution in [1.29, 1.82) is 0 Å². The summed E-state index contributed by atoms with van der Waals surface area (Å²) in [5.41, 5.74) is 2.11. The molecule has 12 nitrogen and oxygen atoms in total. The number of carbonyl (C=O) groups is 1. The van der Waals surface area contributed by atoms with Crippen LogP contribution in [0.3, 0.4) is 0 Å². The first-order valence-electron chi connectivity index (χ1n) is 19.0. The molecule has 0 unspecified atom stereocenters. The SMILES string of the molecule is CCCCCCCCc1ccc(OCCOCCOCCOCCOCCOCCOCCOCCOCCOc2ccc(NC(C)=O)cc2)cc1. The van der Waals surface area contributed by atoms with Gasteiger partial charge in [-0.15, -0.1) is 0 Å². The average molecular weight is 736 g/mol. The van der Waals surface area contributed by atoms with Gasteiger partial charge in [0, 0.05) is 12.6 Å². The minimum absolute atomic E-state index is 0.106. The number of hydrogen-bond donors (Lipinski definition) is 1. The van der Waals surface area contributed by atoms with E-state index in [4.69, 9.17) is 47.4 Å². The van der Waals surface area contributed by atoms with Gasteiger partial charge in [0.1, 0.15) is 24.7 Å². The predicted octanol–water partition coefficient (Wildman–Crippen LogP) is 6.14. The van der Waals surface area contributed by atoms with Crippen LogP contribution >= 0.6 is 0 Å². The van der Waals surface area contributed by atoms with Crippen molar-refractivity contribution >= 4 is 11.6 Å². The molecule has 0 aliphatic carbocycles. The first kappa shape index (κ1) is 45.3. The van der Waals surface area contributed by atoms with E-state index in [2.05, 4.69) is 24.4 Å². The van der Waals surface area contributed by atoms with Crippen LogP contribution in [0.1, 0.15) is 57.9 Å². The van der Waals surface area contributed by atoms with E-state index in [9.17, 15) is 4.79 Å². The molecule has 296 valence electrons. The molecule has 0 saturated carbocycles. The molecule has 2 aromatic carbocycles. The molecule has 1 amide bonds. The molecule has 0 bridgehead atoms. The van der Waals surface area contributed by atoms with Crippen molar-refractivity contribution in [1.82, 2.24) is 0 Å². The third-order valence-corrected chi connectivity index (χ3v) is 7.51. The number of aryl methyl sites for hydroxylation is 1. The van der Waals surface area contributed by atoms with Gasteiger partial charge in [0.05, 0.1) is 106 Å². The fourth-order valence-corrected chi connectivity index (χ4v) is 4.78. The van der Waals surface area contributed by atoms with Gasteiger partial charge in [-0.1, -0.05) is 51.2 Å². The minimum atomic E-state index is -0.106. The molecular formula is C40H65NO11. The highest BCUT2D eigenvalue weighted by atomic mass is 16.6. The summed E-state index contributed by atoms with van der Waals surface area (Å²) >= 11 is 0. The largest absolute Gasteiger partial charge is 0.491 e. The Morgan fingerprint density at radius 2 is 0.769 bits per heavy atom. The fraction of sp³-hybridized carbons (Fsp3) is 0.675. The van der Waals surface area contributed by atoms with E-state index in [0.29, 0.717) is 119 Å². The molecule has 2 aromatic rings. The van der Waals surface area contributed by atoms with Crippen LogP contribution in [0.15, 0.2) is 48.5 Å². The molecule has 0 heterocycles. The van der Waals surface area contributed by atoms with Gasteiger partial charge in [0.15, 0.2) is 0 Å². The highest BCUT2D eigenvalue weighted by molar-refractivity contribution is 5.88. The van der Waals surface area contributed by atoms with E-state index in [1.165, 1.54) is 51.0 Å². The smallest absolute Gasteiger partial charge is 0.221 e. The Balaban J connectivity index is 1.20. The Bertz CT molecular complexity index is 1070. The van der Waals surface area contributed by atoms with Crippen molar-refractivity contribution < 1.29 is 52.2 Å². The first-order valence-corrected chi connectivity index (χ1v) is 19.0. The summed E-state index contributed by atoms with van der Waals surface area (Å²) in [4.78, 5) is 11.0. The summed E-state index contributed by atoms with van der Waals surface area (Å²) < 4.78 is 55.6. The number of ether oxygens (including phenoxy) is 10. The molecule has 0 atom stereocenters. The lowest BCUT2D eigenvalue weighted by atomic mass is 10.0. The Morgan fingerprint density at radius 1 is 0.442 bits per heavy atom. The van der Waals surface area contributed by atoms with Crippen molar-refractivity contribution in [2.75, 3.05) is 124 Å². The summed E-state index contributed by atoms with van der Waals surface area (Å²) in [7, 11) is 0. The molecular weight excluding hydrogens is 670 g/mol. The van der Waals surface area contributed by atoms with Crippen LogP contribution in [0.25, 0.3) is 0 Å². The normalized spacial score (nSPS) is 11.2. The van der Waals surface area contributed by atoms with Crippen molar-refractivity contribution in [2.24, 2.45) is 0 Å². The zero-order valence-corrected chi connectivity index (χ0v) is 31.8. The van der Waals surface area contributed by atoms with E-state index < -0.39 is 0 Å². The van der Waals surface area contributed by atoms with Crippen LogP contribution in [-0.4, -0.2) is 125 Å². The van der Waals surface area contributed by atoms with Crippen LogP contribution < -0.4 is 14.8 Å². The van der Waals surface area contributed by atoms with Gasteiger partial charge in [0.25, 0.3) is 0 Å². The number of benzene rings is 2. The molecule has 52 heavy (non-hydrogen) atoms. The Labute approximate surface area is 312 Å². The molecule has 0 saturated heterocycles. The second-order valence-corrected chi connectivity index (χ2v) is 12.0. The Morgan fingerprint density at radius 3 is 1.13 bits per heavy atom. The number of rotatable bonds is 37. The summed E-state index contributed by atoms with van der Waals surface area (Å²) in [6.07, 6.45) is 9.07. The van der Waals surface area contributed by atoms with Crippen LogP contribution in [0.4, 0.5) is 5.69 Å². The third-order valence-electron chi connectivity index (χ3n) is 7.51. The predicted molar refractivity (Wildman–Crippen MR) is 202 cm³/mol. The van der Waals surface area contributed by atoms with E-state index in [-0.39, 0.29) is 5.91 Å². The molecule has 2 rings (SSSR count). The highest BCUT2D eigenvalue weighted by Crippen LogP contribution is 2.16. The quantitative estimate of drug-likeness (QED) is 0.0806. The molecule has 0 aliphatic rings. The maximum atomic E-state index is 11.0. The van der Waals surface area contributed by atoms with Crippen molar-refractivity contribution in [2.45, 2.75) is 58.8 Å². The van der Waals surface area contributed by atoms with E-state index in [1.807, 2.05) is 12.1 Å². The summed E-state index contributed by atoms with van der Waals surface area (Å²) in [6.45, 7) is 12.7. The zero-order chi connectivity index (χ0) is 37.0. The number of amides is 1. The molecule has 0 aromatic heterocycles. The van der Waals surface area contributed by atoms with Gasteiger partial charge < -0.3 is 52.7 Å². The maximum Gasteiger partial charge on any atom is 0.221 e. The van der Waals surface area contributed by atoms with Gasteiger partial charge in [-0.2, -0.15) is 0 Å². The Kier molecular flexibility index (Phi) is 29.6. The zero-order valence-electron chi connectivity index (χ0n) is 31.8. The standard InChI is InChI=1S/C40H65NO11/c1-3-4-5-6-7-8-9-37-10-14-39(15-11-37)51-34-32-49-30-28-47-26-24-45-22-20-43-18-19-44-21-23-46-25-27-48-29-31-50-33-35-52-40-16-12-38(13-17-40)41-36(2)42/h10-17H,3-9,18-35H2,1-2H3,(H,41,42). The van der Waals surface area contributed by atoms with Crippen LogP contribution in [0, 0.1) is 0 Å². The number of unbranched alkanes of at least 4 members (excludes halogenated alkanes) is 5. The van der Waals surface area contributed by atoms with E-state index in [1.54, 1.807) is 24.3 Å².